The lowest BCUT2D eigenvalue weighted by Gasteiger charge is -2.32. The lowest BCUT2D eigenvalue weighted by molar-refractivity contribution is -0.139. The van der Waals surface area contributed by atoms with Crippen molar-refractivity contribution in [1.29, 1.82) is 0 Å². The van der Waals surface area contributed by atoms with E-state index in [1.807, 2.05) is 0 Å². The number of aromatic nitrogens is 2. The molecule has 0 bridgehead atoms. The van der Waals surface area contributed by atoms with Crippen molar-refractivity contribution in [2.24, 2.45) is 0 Å². The molecule has 1 atom stereocenters. The number of carboxylic acids is 1. The van der Waals surface area contributed by atoms with Crippen molar-refractivity contribution in [2.75, 3.05) is 26.7 Å². The Hall–Kier alpha value is -2.58. The van der Waals surface area contributed by atoms with Gasteiger partial charge in [0.25, 0.3) is 0 Å². The quantitative estimate of drug-likeness (QED) is 0.651. The number of imidazole rings is 1. The van der Waals surface area contributed by atoms with Crippen LogP contribution in [0.2, 0.25) is 0 Å². The number of hydrogen-bond donors (Lipinski definition) is 3. The topological polar surface area (TPSA) is 119 Å². The van der Waals surface area contributed by atoms with E-state index in [2.05, 4.69) is 15.3 Å². The molecule has 0 radical (unpaired) electrons. The van der Waals surface area contributed by atoms with E-state index in [9.17, 15) is 19.5 Å². The number of likely N-dealkylation sites (N-methyl/N-ethyl adjacent to an activating group) is 1. The van der Waals surface area contributed by atoms with Crippen LogP contribution in [0.5, 0.6) is 0 Å². The zero-order chi connectivity index (χ0) is 15.4. The molecule has 1 aromatic rings. The van der Waals surface area contributed by atoms with Gasteiger partial charge in [-0.15, -0.1) is 0 Å². The Morgan fingerprint density at radius 1 is 1.52 bits per heavy atom. The maximum atomic E-state index is 12.0. The van der Waals surface area contributed by atoms with Gasteiger partial charge in [0.05, 0.1) is 6.33 Å². The first-order chi connectivity index (χ1) is 9.97. The number of aromatic amines is 1. The Morgan fingerprint density at radius 2 is 2.29 bits per heavy atom. The number of H-pyrrole nitrogens is 1. The van der Waals surface area contributed by atoms with E-state index >= 15 is 0 Å². The second-order valence-electron chi connectivity index (χ2n) is 4.86. The maximum absolute atomic E-state index is 12.0. The summed E-state index contributed by atoms with van der Waals surface area (Å²) < 4.78 is 0. The molecule has 1 aliphatic rings. The number of amides is 3. The zero-order valence-corrected chi connectivity index (χ0v) is 11.6. The van der Waals surface area contributed by atoms with Gasteiger partial charge < -0.3 is 25.2 Å². The summed E-state index contributed by atoms with van der Waals surface area (Å²) in [6.45, 7) is 0.772. The van der Waals surface area contributed by atoms with Crippen LogP contribution in [0.1, 0.15) is 5.69 Å². The van der Waals surface area contributed by atoms with Crippen molar-refractivity contribution in [3.8, 4) is 0 Å². The second-order valence-corrected chi connectivity index (χ2v) is 4.86. The largest absolute Gasteiger partial charge is 0.480 e. The number of carbonyl (C=O) groups excluding carboxylic acids is 2. The lowest BCUT2D eigenvalue weighted by atomic mass is 10.1. The van der Waals surface area contributed by atoms with Gasteiger partial charge >= 0.3 is 12.0 Å². The third-order valence-corrected chi connectivity index (χ3v) is 3.32. The molecule has 3 amide bonds. The van der Waals surface area contributed by atoms with E-state index in [0.717, 1.165) is 0 Å². The highest BCUT2D eigenvalue weighted by Crippen LogP contribution is 2.04. The fraction of sp³-hybridized carbons (Fsp3) is 0.500. The summed E-state index contributed by atoms with van der Waals surface area (Å²) in [5.41, 5.74) is 0.608. The van der Waals surface area contributed by atoms with E-state index < -0.39 is 18.0 Å². The van der Waals surface area contributed by atoms with Crippen LogP contribution >= 0.6 is 0 Å². The van der Waals surface area contributed by atoms with Crippen LogP contribution in [0.15, 0.2) is 12.5 Å². The Balaban J connectivity index is 1.95. The highest BCUT2D eigenvalue weighted by atomic mass is 16.4. The molecule has 1 saturated heterocycles. The molecule has 0 aliphatic carbocycles. The van der Waals surface area contributed by atoms with Crippen LogP contribution in [-0.2, 0) is 16.0 Å². The number of nitrogens with one attached hydrogen (secondary N) is 2. The van der Waals surface area contributed by atoms with Gasteiger partial charge in [-0.25, -0.2) is 14.6 Å². The van der Waals surface area contributed by atoms with Crippen LogP contribution in [0, 0.1) is 0 Å². The molecule has 2 heterocycles. The van der Waals surface area contributed by atoms with Gasteiger partial charge in [0, 0.05) is 38.4 Å². The minimum absolute atomic E-state index is 0.0429. The molecule has 0 spiro atoms. The van der Waals surface area contributed by atoms with Crippen LogP contribution in [0.25, 0.3) is 0 Å². The fourth-order valence-corrected chi connectivity index (χ4v) is 1.99. The van der Waals surface area contributed by atoms with Gasteiger partial charge in [0.1, 0.15) is 12.6 Å². The molecule has 3 N–H and O–H groups in total. The minimum atomic E-state index is -1.14. The first-order valence-corrected chi connectivity index (χ1v) is 6.47. The van der Waals surface area contributed by atoms with Crippen molar-refractivity contribution in [3.63, 3.8) is 0 Å². The van der Waals surface area contributed by atoms with Crippen LogP contribution in [0.4, 0.5) is 4.79 Å². The number of urea groups is 1. The average molecular weight is 295 g/mol. The SMILES string of the molecule is CN1CCN(C(=O)N[C@@H](Cc2cnc[nH]2)C(=O)O)CC1=O. The van der Waals surface area contributed by atoms with Crippen LogP contribution in [-0.4, -0.2) is 75.5 Å². The lowest BCUT2D eigenvalue weighted by Crippen LogP contribution is -2.56. The molecule has 2 rings (SSSR count). The van der Waals surface area contributed by atoms with E-state index in [0.29, 0.717) is 18.8 Å². The molecule has 1 aromatic heterocycles. The molecule has 9 nitrogen and oxygen atoms in total. The molecule has 0 aromatic carbocycles. The number of carbonyl (C=O) groups is 3. The molecule has 0 unspecified atom stereocenters. The molecule has 1 fully saturated rings. The molecular weight excluding hydrogens is 278 g/mol. The first kappa shape index (κ1) is 14.8. The number of carboxylic acid groups (broad SMARTS) is 1. The normalized spacial score (nSPS) is 16.7. The summed E-state index contributed by atoms with van der Waals surface area (Å²) in [6, 6.07) is -1.63. The third kappa shape index (κ3) is 3.71. The predicted molar refractivity (Wildman–Crippen MR) is 71.5 cm³/mol. The van der Waals surface area contributed by atoms with Crippen molar-refractivity contribution in [2.45, 2.75) is 12.5 Å². The summed E-state index contributed by atoms with van der Waals surface area (Å²) in [4.78, 5) is 44.3. The molecule has 0 saturated carbocycles. The summed E-state index contributed by atoms with van der Waals surface area (Å²) in [5.74, 6) is -1.31. The molecule has 114 valence electrons. The standard InChI is InChI=1S/C12H17N5O4/c1-16-2-3-17(6-10(16)18)12(21)15-9(11(19)20)4-8-5-13-7-14-8/h5,7,9H,2-4,6H2,1H3,(H,13,14)(H,15,21)(H,19,20)/t9-/m0/s1. The van der Waals surface area contributed by atoms with Gasteiger partial charge in [-0.05, 0) is 0 Å². The Labute approximate surface area is 120 Å². The molecule has 21 heavy (non-hydrogen) atoms. The first-order valence-electron chi connectivity index (χ1n) is 6.47. The highest BCUT2D eigenvalue weighted by molar-refractivity contribution is 5.87. The monoisotopic (exact) mass is 295 g/mol. The Morgan fingerprint density at radius 3 is 2.86 bits per heavy atom. The summed E-state index contributed by atoms with van der Waals surface area (Å²) in [7, 11) is 1.66. The zero-order valence-electron chi connectivity index (χ0n) is 11.6. The second kappa shape index (κ2) is 6.25. The molecule has 9 heteroatoms. The van der Waals surface area contributed by atoms with E-state index in [1.165, 1.54) is 22.3 Å². The third-order valence-electron chi connectivity index (χ3n) is 3.32. The van der Waals surface area contributed by atoms with Gasteiger partial charge in [0.15, 0.2) is 0 Å². The van der Waals surface area contributed by atoms with E-state index in [4.69, 9.17) is 0 Å². The molecule has 1 aliphatic heterocycles. The summed E-state index contributed by atoms with van der Waals surface area (Å²) >= 11 is 0. The van der Waals surface area contributed by atoms with E-state index in [1.54, 1.807) is 7.05 Å². The smallest absolute Gasteiger partial charge is 0.326 e. The van der Waals surface area contributed by atoms with Crippen molar-refractivity contribution in [3.05, 3.63) is 18.2 Å². The van der Waals surface area contributed by atoms with Crippen molar-refractivity contribution in [1.82, 2.24) is 25.1 Å². The number of nitrogens with zero attached hydrogens (tertiary/aromatic N) is 3. The summed E-state index contributed by atoms with van der Waals surface area (Å²) in [5, 5.41) is 11.6. The minimum Gasteiger partial charge on any atom is -0.480 e. The van der Waals surface area contributed by atoms with E-state index in [-0.39, 0.29) is 18.9 Å². The van der Waals surface area contributed by atoms with Crippen LogP contribution in [0.3, 0.4) is 0 Å². The molecular formula is C12H17N5O4. The fourth-order valence-electron chi connectivity index (χ4n) is 1.99. The maximum Gasteiger partial charge on any atom is 0.326 e. The van der Waals surface area contributed by atoms with Gasteiger partial charge in [-0.2, -0.15) is 0 Å². The number of hydrogen-bond acceptors (Lipinski definition) is 4. The van der Waals surface area contributed by atoms with Crippen LogP contribution < -0.4 is 5.32 Å². The highest BCUT2D eigenvalue weighted by Gasteiger charge is 2.28. The van der Waals surface area contributed by atoms with Crippen molar-refractivity contribution < 1.29 is 19.5 Å². The Kier molecular flexibility index (Phi) is 4.41. The number of aliphatic carboxylic acids is 1. The van der Waals surface area contributed by atoms with Gasteiger partial charge in [-0.1, -0.05) is 0 Å². The van der Waals surface area contributed by atoms with Gasteiger partial charge in [-0.3, -0.25) is 4.79 Å². The van der Waals surface area contributed by atoms with Gasteiger partial charge in [0.2, 0.25) is 5.91 Å². The number of rotatable bonds is 4. The number of piperazine rings is 1. The van der Waals surface area contributed by atoms with Crippen molar-refractivity contribution >= 4 is 17.9 Å². The summed E-state index contributed by atoms with van der Waals surface area (Å²) in [6.07, 6.45) is 3.04. The predicted octanol–water partition coefficient (Wildman–Crippen LogP) is -1.11. The Bertz CT molecular complexity index is 530. The average Bonchev–Trinajstić information content (AvgIpc) is 2.93.